The van der Waals surface area contributed by atoms with Crippen LogP contribution in [0.1, 0.15) is 126 Å². The molecular weight excluding hydrogens is 699 g/mol. The lowest BCUT2D eigenvalue weighted by Crippen LogP contribution is -2.69. The Morgan fingerprint density at radius 3 is 2.17 bits per heavy atom. The van der Waals surface area contributed by atoms with Crippen LogP contribution in [-0.2, 0) is 24.2 Å². The fourth-order valence-electron chi connectivity index (χ4n) is 15.4. The van der Waals surface area contributed by atoms with Crippen molar-refractivity contribution in [3.63, 3.8) is 0 Å². The molecule has 0 spiro atoms. The summed E-state index contributed by atoms with van der Waals surface area (Å²) in [5.74, 6) is 0.781. The minimum Gasteiger partial charge on any atom is -0.481 e. The molecule has 54 heavy (non-hydrogen) atoms. The SMILES string of the molecule is C=C(C)[C@@H]1CC[C@]2(NCC[C@H](CN)N3CCS(=O)(=O)CC3)CC[C@]3(C)[C@H](CC[C@@H]4[C@@]5(C)CC[C@H](OC(=O)[C@H]6[C@@H](C(=O)O)C6(C)C)C(C)(C)[C@@H]5CC[C@]43C)[C@@H]12. The second-order valence-corrected chi connectivity index (χ2v) is 23.8. The number of rotatable bonds is 10. The first-order valence-electron chi connectivity index (χ1n) is 21.6. The molecule has 1 heterocycles. The highest BCUT2D eigenvalue weighted by atomic mass is 32.2. The molecule has 4 N–H and O–H groups in total. The van der Waals surface area contributed by atoms with Crippen molar-refractivity contribution < 1.29 is 27.9 Å². The van der Waals surface area contributed by atoms with Gasteiger partial charge < -0.3 is 20.9 Å². The van der Waals surface area contributed by atoms with Crippen LogP contribution in [0.4, 0.5) is 0 Å². The van der Waals surface area contributed by atoms with Gasteiger partial charge in [-0.15, -0.1) is 0 Å². The van der Waals surface area contributed by atoms with Gasteiger partial charge in [0.1, 0.15) is 6.10 Å². The molecule has 0 radical (unpaired) electrons. The molecule has 13 atom stereocenters. The van der Waals surface area contributed by atoms with E-state index in [1.54, 1.807) is 0 Å². The van der Waals surface area contributed by atoms with Crippen molar-refractivity contribution in [2.24, 2.45) is 74.2 Å². The lowest BCUT2D eigenvalue weighted by molar-refractivity contribution is -0.246. The number of carboxylic acids is 1. The van der Waals surface area contributed by atoms with E-state index in [2.05, 4.69) is 58.3 Å². The Labute approximate surface area is 326 Å². The minimum atomic E-state index is -2.93. The van der Waals surface area contributed by atoms with Gasteiger partial charge in [0.25, 0.3) is 0 Å². The molecule has 10 heteroatoms. The molecule has 6 saturated carbocycles. The van der Waals surface area contributed by atoms with Crippen molar-refractivity contribution in [3.05, 3.63) is 12.2 Å². The van der Waals surface area contributed by atoms with Gasteiger partial charge in [0.05, 0.1) is 23.3 Å². The maximum atomic E-state index is 13.5. The molecule has 0 bridgehead atoms. The van der Waals surface area contributed by atoms with E-state index in [1.807, 2.05) is 13.8 Å². The van der Waals surface area contributed by atoms with Gasteiger partial charge in [0, 0.05) is 36.6 Å². The van der Waals surface area contributed by atoms with Gasteiger partial charge in [-0.05, 0) is 135 Å². The number of fused-ring (bicyclic) bond motifs is 7. The summed E-state index contributed by atoms with van der Waals surface area (Å²) in [4.78, 5) is 27.7. The van der Waals surface area contributed by atoms with Crippen molar-refractivity contribution in [3.8, 4) is 0 Å². The molecule has 7 aliphatic rings. The number of nitrogens with one attached hydrogen (secondary N) is 1. The van der Waals surface area contributed by atoms with Crippen LogP contribution in [0.5, 0.6) is 0 Å². The number of sulfone groups is 1. The predicted octanol–water partition coefficient (Wildman–Crippen LogP) is 6.70. The largest absolute Gasteiger partial charge is 0.481 e. The zero-order valence-corrected chi connectivity index (χ0v) is 35.7. The summed E-state index contributed by atoms with van der Waals surface area (Å²) in [6.07, 6.45) is 12.3. The van der Waals surface area contributed by atoms with Crippen molar-refractivity contribution >= 4 is 21.8 Å². The summed E-state index contributed by atoms with van der Waals surface area (Å²) in [7, 11) is -2.93. The normalized spacial score (nSPS) is 46.5. The molecule has 0 amide bonds. The third-order valence-electron chi connectivity index (χ3n) is 18.7. The highest BCUT2D eigenvalue weighted by Crippen LogP contribution is 2.76. The summed E-state index contributed by atoms with van der Waals surface area (Å²) >= 11 is 0. The Hall–Kier alpha value is -1.49. The van der Waals surface area contributed by atoms with E-state index in [0.717, 1.165) is 32.2 Å². The maximum Gasteiger partial charge on any atom is 0.310 e. The van der Waals surface area contributed by atoms with Crippen LogP contribution in [0.2, 0.25) is 0 Å². The summed E-state index contributed by atoms with van der Waals surface area (Å²) in [6.45, 7) is 25.8. The lowest BCUT2D eigenvalue weighted by atomic mass is 9.32. The van der Waals surface area contributed by atoms with Crippen LogP contribution >= 0.6 is 0 Å². The molecule has 0 aromatic carbocycles. The molecule has 9 nitrogen and oxygen atoms in total. The number of nitrogens with zero attached hydrogens (tertiary/aromatic N) is 1. The van der Waals surface area contributed by atoms with E-state index < -0.39 is 33.1 Å². The van der Waals surface area contributed by atoms with Gasteiger partial charge in [-0.1, -0.05) is 60.6 Å². The quantitative estimate of drug-likeness (QED) is 0.164. The third-order valence-corrected chi connectivity index (χ3v) is 20.3. The number of hydrogen-bond acceptors (Lipinski definition) is 8. The lowest BCUT2D eigenvalue weighted by Gasteiger charge is -2.73. The van der Waals surface area contributed by atoms with Crippen molar-refractivity contribution in [1.29, 1.82) is 0 Å². The summed E-state index contributed by atoms with van der Waals surface area (Å²) < 4.78 is 30.6. The van der Waals surface area contributed by atoms with E-state index in [-0.39, 0.29) is 56.8 Å². The first-order valence-corrected chi connectivity index (χ1v) is 23.4. The number of allylic oxidation sites excluding steroid dienone is 1. The van der Waals surface area contributed by atoms with Crippen molar-refractivity contribution in [1.82, 2.24) is 10.2 Å². The van der Waals surface area contributed by atoms with Crippen molar-refractivity contribution in [2.45, 2.75) is 144 Å². The summed E-state index contributed by atoms with van der Waals surface area (Å²) in [5, 5.41) is 14.0. The summed E-state index contributed by atoms with van der Waals surface area (Å²) in [6, 6.07) is 0.199. The zero-order valence-electron chi connectivity index (χ0n) is 34.8. The van der Waals surface area contributed by atoms with E-state index in [4.69, 9.17) is 10.5 Å². The molecule has 1 saturated heterocycles. The Kier molecular flexibility index (Phi) is 10.2. The molecule has 0 aromatic rings. The van der Waals surface area contributed by atoms with Crippen LogP contribution in [0, 0.1) is 68.5 Å². The average molecular weight is 772 g/mol. The fraction of sp³-hybridized carbons (Fsp3) is 0.909. The Balaban J connectivity index is 1.08. The molecule has 7 rings (SSSR count). The summed E-state index contributed by atoms with van der Waals surface area (Å²) in [5.41, 5.74) is 7.58. The molecule has 0 unspecified atom stereocenters. The molecular formula is C44H73N3O6S. The number of carboxylic acid groups (broad SMARTS) is 1. The Morgan fingerprint density at radius 2 is 1.56 bits per heavy atom. The molecule has 7 fully saturated rings. The highest BCUT2D eigenvalue weighted by Gasteiger charge is 2.72. The maximum absolute atomic E-state index is 13.5. The van der Waals surface area contributed by atoms with Crippen molar-refractivity contribution in [2.75, 3.05) is 37.7 Å². The van der Waals surface area contributed by atoms with Crippen LogP contribution < -0.4 is 11.1 Å². The van der Waals surface area contributed by atoms with E-state index in [9.17, 15) is 23.1 Å². The number of hydrogen-bond donors (Lipinski definition) is 3. The van der Waals surface area contributed by atoms with Crippen LogP contribution in [0.3, 0.4) is 0 Å². The molecule has 306 valence electrons. The highest BCUT2D eigenvalue weighted by molar-refractivity contribution is 7.91. The molecule has 0 aromatic heterocycles. The van der Waals surface area contributed by atoms with Crippen LogP contribution in [0.15, 0.2) is 12.2 Å². The number of aliphatic carboxylic acids is 1. The number of esters is 1. The second kappa shape index (κ2) is 13.5. The van der Waals surface area contributed by atoms with E-state index in [0.29, 0.717) is 49.2 Å². The topological polar surface area (TPSA) is 139 Å². The molecule has 6 aliphatic carbocycles. The first kappa shape index (κ1) is 40.7. The number of carbonyl (C=O) groups excluding carboxylic acids is 1. The second-order valence-electron chi connectivity index (χ2n) is 21.5. The van der Waals surface area contributed by atoms with E-state index in [1.165, 1.54) is 50.5 Å². The standard InChI is InChI=1S/C44H73N3O6S/c1-27(2)29-12-18-44(46-21-15-28(26-45)47-22-24-54(51,52)25-23-47)20-19-42(8)30(34(29)44)10-11-32-41(7)16-14-33(39(3,4)31(41)13-17-43(32,42)9)53-38(50)36-35(37(48)49)40(36,5)6/h28-36,46H,1,10-26,45H2,2-9H3,(H,48,49)/t28-,29+,30-,31+,32-,33+,34-,35+,36-,41+,42-,43-,44+/m1/s1. The fourth-order valence-corrected chi connectivity index (χ4v) is 16.6. The Bertz CT molecular complexity index is 1610. The third kappa shape index (κ3) is 6.10. The number of ether oxygens (including phenoxy) is 1. The molecule has 1 aliphatic heterocycles. The van der Waals surface area contributed by atoms with Gasteiger partial charge in [-0.3, -0.25) is 14.5 Å². The van der Waals surface area contributed by atoms with Gasteiger partial charge in [0.15, 0.2) is 9.84 Å². The van der Waals surface area contributed by atoms with Gasteiger partial charge in [0.2, 0.25) is 0 Å². The van der Waals surface area contributed by atoms with E-state index >= 15 is 0 Å². The van der Waals surface area contributed by atoms with Gasteiger partial charge >= 0.3 is 11.9 Å². The Morgan fingerprint density at radius 1 is 0.870 bits per heavy atom. The minimum absolute atomic E-state index is 0.0994. The number of carbonyl (C=O) groups is 2. The first-order chi connectivity index (χ1) is 25.1. The van der Waals surface area contributed by atoms with Gasteiger partial charge in [-0.2, -0.15) is 0 Å². The monoisotopic (exact) mass is 772 g/mol. The smallest absolute Gasteiger partial charge is 0.310 e. The average Bonchev–Trinajstić information content (AvgIpc) is 3.47. The van der Waals surface area contributed by atoms with Crippen LogP contribution in [0.25, 0.3) is 0 Å². The number of nitrogens with two attached hydrogens (primary N) is 1. The van der Waals surface area contributed by atoms with Crippen LogP contribution in [-0.4, -0.2) is 85.7 Å². The predicted molar refractivity (Wildman–Crippen MR) is 213 cm³/mol. The zero-order chi connectivity index (χ0) is 39.4. The van der Waals surface area contributed by atoms with Gasteiger partial charge in [-0.25, -0.2) is 8.42 Å².